The van der Waals surface area contributed by atoms with Crippen LogP contribution in [0.15, 0.2) is 48.5 Å². The molecule has 0 aliphatic rings. The first kappa shape index (κ1) is 13.6. The highest BCUT2D eigenvalue weighted by Gasteiger charge is 2.15. The van der Waals surface area contributed by atoms with E-state index in [-0.39, 0.29) is 23.8 Å². The molecule has 0 heterocycles. The number of carbonyl (C=O) groups is 2. The van der Waals surface area contributed by atoms with Crippen molar-refractivity contribution in [2.45, 2.75) is 0 Å². The second-order valence-corrected chi connectivity index (χ2v) is 4.15. The van der Waals surface area contributed by atoms with Crippen molar-refractivity contribution in [3.63, 3.8) is 0 Å². The van der Waals surface area contributed by atoms with Gasteiger partial charge in [0, 0.05) is 5.56 Å². The number of rotatable bonds is 4. The topological polar surface area (TPSA) is 86.6 Å². The maximum Gasteiger partial charge on any atom is 0.251 e. The summed E-state index contributed by atoms with van der Waals surface area (Å²) in [5.74, 6) is -1.71. The number of nitrogens with one attached hydrogen (secondary N) is 1. The van der Waals surface area contributed by atoms with Gasteiger partial charge < -0.3 is 15.5 Å². The first-order valence-corrected chi connectivity index (χ1v) is 5.97. The van der Waals surface area contributed by atoms with E-state index in [4.69, 9.17) is 0 Å². The first-order valence-electron chi connectivity index (χ1n) is 5.97. The molecule has 0 aliphatic heterocycles. The number of aromatic hydroxyl groups is 2. The van der Waals surface area contributed by atoms with Gasteiger partial charge in [-0.15, -0.1) is 0 Å². The smallest absolute Gasteiger partial charge is 0.251 e. The van der Waals surface area contributed by atoms with Crippen molar-refractivity contribution in [1.82, 2.24) is 5.32 Å². The summed E-state index contributed by atoms with van der Waals surface area (Å²) < 4.78 is 0. The van der Waals surface area contributed by atoms with Gasteiger partial charge in [0.2, 0.25) is 0 Å². The molecule has 5 heteroatoms. The Hall–Kier alpha value is -2.82. The molecular formula is C15H13NO4. The van der Waals surface area contributed by atoms with Crippen LogP contribution in [0.25, 0.3) is 0 Å². The largest absolute Gasteiger partial charge is 0.504 e. The molecule has 0 bridgehead atoms. The molecule has 0 saturated carbocycles. The molecule has 3 N–H and O–H groups in total. The molecule has 2 aromatic rings. The van der Waals surface area contributed by atoms with Gasteiger partial charge in [-0.2, -0.15) is 0 Å². The number of carbonyl (C=O) groups excluding carboxylic acids is 2. The van der Waals surface area contributed by atoms with Crippen molar-refractivity contribution < 1.29 is 19.8 Å². The predicted molar refractivity (Wildman–Crippen MR) is 72.9 cm³/mol. The molecule has 2 aromatic carbocycles. The lowest BCUT2D eigenvalue weighted by Gasteiger charge is -2.07. The molecule has 0 unspecified atom stereocenters. The Kier molecular flexibility index (Phi) is 4.00. The second kappa shape index (κ2) is 5.88. The average Bonchev–Trinajstić information content (AvgIpc) is 2.48. The van der Waals surface area contributed by atoms with Crippen LogP contribution in [0.2, 0.25) is 0 Å². The molecule has 0 spiro atoms. The quantitative estimate of drug-likeness (QED) is 0.583. The van der Waals surface area contributed by atoms with Crippen molar-refractivity contribution in [3.05, 3.63) is 59.7 Å². The first-order chi connectivity index (χ1) is 9.59. The molecule has 0 saturated heterocycles. The number of phenolic OH excluding ortho intramolecular Hbond substituents is 2. The molecule has 0 aromatic heterocycles. The summed E-state index contributed by atoms with van der Waals surface area (Å²) in [6.45, 7) is -0.259. The van der Waals surface area contributed by atoms with Gasteiger partial charge in [-0.3, -0.25) is 9.59 Å². The fraction of sp³-hybridized carbons (Fsp3) is 0.0667. The number of hydrogen-bond donors (Lipinski definition) is 3. The summed E-state index contributed by atoms with van der Waals surface area (Å²) in [5, 5.41) is 21.3. The van der Waals surface area contributed by atoms with Crippen molar-refractivity contribution in [2.75, 3.05) is 6.54 Å². The minimum Gasteiger partial charge on any atom is -0.504 e. The molecule has 5 nitrogen and oxygen atoms in total. The van der Waals surface area contributed by atoms with Gasteiger partial charge >= 0.3 is 0 Å². The number of benzene rings is 2. The van der Waals surface area contributed by atoms with Crippen molar-refractivity contribution in [2.24, 2.45) is 0 Å². The van der Waals surface area contributed by atoms with Crippen molar-refractivity contribution in [1.29, 1.82) is 0 Å². The zero-order valence-electron chi connectivity index (χ0n) is 10.5. The van der Waals surface area contributed by atoms with E-state index in [2.05, 4.69) is 5.32 Å². The van der Waals surface area contributed by atoms with E-state index in [0.717, 1.165) is 0 Å². The normalized spacial score (nSPS) is 10.0. The minimum atomic E-state index is -0.484. The number of Topliss-reactive ketones (excluding diaryl/α,β-unsaturated/α-hetero) is 1. The lowest BCUT2D eigenvalue weighted by molar-refractivity contribution is 0.0902. The summed E-state index contributed by atoms with van der Waals surface area (Å²) in [5.41, 5.74) is 0.416. The van der Waals surface area contributed by atoms with E-state index in [1.165, 1.54) is 18.2 Å². The molecule has 0 radical (unpaired) electrons. The van der Waals surface area contributed by atoms with Gasteiger partial charge in [0.25, 0.3) is 5.91 Å². The molecule has 0 atom stereocenters. The number of ketones is 1. The Bertz CT molecular complexity index is 638. The monoisotopic (exact) mass is 271 g/mol. The summed E-state index contributed by atoms with van der Waals surface area (Å²) >= 11 is 0. The van der Waals surface area contributed by atoms with Crippen LogP contribution in [0.5, 0.6) is 11.5 Å². The molecule has 0 aliphatic carbocycles. The number of hydrogen-bond acceptors (Lipinski definition) is 4. The van der Waals surface area contributed by atoms with Crippen LogP contribution in [0.4, 0.5) is 0 Å². The maximum atomic E-state index is 11.9. The average molecular weight is 271 g/mol. The van der Waals surface area contributed by atoms with E-state index in [0.29, 0.717) is 5.56 Å². The molecule has 0 fully saturated rings. The third-order valence-corrected chi connectivity index (χ3v) is 2.76. The lowest BCUT2D eigenvalue weighted by atomic mass is 10.1. The van der Waals surface area contributed by atoms with E-state index >= 15 is 0 Å². The highest BCUT2D eigenvalue weighted by molar-refractivity contribution is 6.04. The van der Waals surface area contributed by atoms with E-state index in [9.17, 15) is 19.8 Å². The second-order valence-electron chi connectivity index (χ2n) is 4.15. The van der Waals surface area contributed by atoms with Gasteiger partial charge in [0.1, 0.15) is 0 Å². The van der Waals surface area contributed by atoms with E-state index < -0.39 is 11.5 Å². The Balaban J connectivity index is 2.03. The predicted octanol–water partition coefficient (Wildman–Crippen LogP) is 1.71. The summed E-state index contributed by atoms with van der Waals surface area (Å²) in [6.07, 6.45) is 0. The number of phenols is 2. The molecule has 1 amide bonds. The zero-order valence-corrected chi connectivity index (χ0v) is 10.5. The van der Waals surface area contributed by atoms with Gasteiger partial charge in [-0.1, -0.05) is 24.3 Å². The van der Waals surface area contributed by atoms with Crippen molar-refractivity contribution >= 4 is 11.7 Å². The van der Waals surface area contributed by atoms with Crippen LogP contribution < -0.4 is 5.32 Å². The van der Waals surface area contributed by atoms with Crippen LogP contribution in [0, 0.1) is 0 Å². The van der Waals surface area contributed by atoms with Crippen LogP contribution in [0.3, 0.4) is 0 Å². The van der Waals surface area contributed by atoms with Crippen LogP contribution in [-0.2, 0) is 0 Å². The van der Waals surface area contributed by atoms with Crippen molar-refractivity contribution in [3.8, 4) is 11.5 Å². The SMILES string of the molecule is O=C(NCC(=O)c1cccc(O)c1O)c1ccccc1. The summed E-state index contributed by atoms with van der Waals surface area (Å²) in [6, 6.07) is 12.6. The summed E-state index contributed by atoms with van der Waals surface area (Å²) in [7, 11) is 0. The van der Waals surface area contributed by atoms with Gasteiger partial charge in [-0.25, -0.2) is 0 Å². The highest BCUT2D eigenvalue weighted by Crippen LogP contribution is 2.28. The zero-order chi connectivity index (χ0) is 14.5. The number of amides is 1. The standard InChI is InChI=1S/C15H13NO4/c17-12-8-4-7-11(14(12)19)13(18)9-16-15(20)10-5-2-1-3-6-10/h1-8,17,19H,9H2,(H,16,20). The van der Waals surface area contributed by atoms with Crippen LogP contribution >= 0.6 is 0 Å². The van der Waals surface area contributed by atoms with Crippen LogP contribution in [0.1, 0.15) is 20.7 Å². The third kappa shape index (κ3) is 2.95. The fourth-order valence-corrected chi connectivity index (χ4v) is 1.70. The lowest BCUT2D eigenvalue weighted by Crippen LogP contribution is -2.29. The Morgan fingerprint density at radius 1 is 0.950 bits per heavy atom. The Morgan fingerprint density at radius 3 is 2.35 bits per heavy atom. The fourth-order valence-electron chi connectivity index (χ4n) is 1.70. The summed E-state index contributed by atoms with van der Waals surface area (Å²) in [4.78, 5) is 23.6. The van der Waals surface area contributed by atoms with E-state index in [1.807, 2.05) is 0 Å². The van der Waals surface area contributed by atoms with Gasteiger partial charge in [0.05, 0.1) is 12.1 Å². The van der Waals surface area contributed by atoms with Crippen LogP contribution in [-0.4, -0.2) is 28.4 Å². The number of para-hydroxylation sites is 1. The third-order valence-electron chi connectivity index (χ3n) is 2.76. The van der Waals surface area contributed by atoms with Gasteiger partial charge in [0.15, 0.2) is 17.3 Å². The molecular weight excluding hydrogens is 258 g/mol. The van der Waals surface area contributed by atoms with E-state index in [1.54, 1.807) is 30.3 Å². The minimum absolute atomic E-state index is 0.0293. The molecule has 102 valence electrons. The Labute approximate surface area is 115 Å². The molecule has 2 rings (SSSR count). The maximum absolute atomic E-state index is 11.9. The molecule has 20 heavy (non-hydrogen) atoms. The highest BCUT2D eigenvalue weighted by atomic mass is 16.3. The van der Waals surface area contributed by atoms with Gasteiger partial charge in [-0.05, 0) is 24.3 Å². The Morgan fingerprint density at radius 2 is 1.65 bits per heavy atom.